The van der Waals surface area contributed by atoms with E-state index in [0.29, 0.717) is 35.8 Å². The van der Waals surface area contributed by atoms with Gasteiger partial charge in [0, 0.05) is 74.6 Å². The molecule has 278 valence electrons. The Morgan fingerprint density at radius 1 is 0.442 bits per heavy atom. The number of rotatable bonds is 8. The average Bonchev–Trinajstić information content (AvgIpc) is 3.13. The Bertz CT molecular complexity index is 1740. The van der Waals surface area contributed by atoms with Crippen LogP contribution in [0, 0.1) is 0 Å². The van der Waals surface area contributed by atoms with E-state index in [1.54, 1.807) is 0 Å². The van der Waals surface area contributed by atoms with Crippen LogP contribution in [0.15, 0.2) is 44.7 Å². The smallest absolute Gasteiger partial charge is 0.167 e. The van der Waals surface area contributed by atoms with Gasteiger partial charge in [0.15, 0.2) is 11.5 Å². The summed E-state index contributed by atoms with van der Waals surface area (Å²) < 4.78 is 0. The molecule has 52 heavy (non-hydrogen) atoms. The zero-order chi connectivity index (χ0) is 36.8. The molecule has 3 aromatic rings. The quantitative estimate of drug-likeness (QED) is 0.241. The SMILES string of the molecule is CCN1CN(C)Cc2c1c(O)c(N=Nc1ccc(N=Nc3c(O)c4c(c5c3CN(C)CN5CC)CN(C)CN4CC)cc1)c1c2N(CC)CN(C)C1. The summed E-state index contributed by atoms with van der Waals surface area (Å²) >= 11 is 0. The number of fused-ring (bicyclic) bond motifs is 6. The summed E-state index contributed by atoms with van der Waals surface area (Å²) in [7, 11) is 8.43. The van der Waals surface area contributed by atoms with Gasteiger partial charge in [-0.1, -0.05) is 0 Å². The number of phenolic OH excluding ortho intramolecular Hbond substituents is 2. The van der Waals surface area contributed by atoms with Crippen LogP contribution in [-0.2, 0) is 26.2 Å². The molecule has 0 aliphatic carbocycles. The van der Waals surface area contributed by atoms with Crippen LogP contribution in [0.4, 0.5) is 45.5 Å². The molecule has 3 aromatic carbocycles. The number of hydrogen-bond acceptors (Lipinski definition) is 14. The zero-order valence-electron chi connectivity index (χ0n) is 32.1. The monoisotopic (exact) mass is 710 g/mol. The first-order chi connectivity index (χ1) is 25.1. The van der Waals surface area contributed by atoms with Gasteiger partial charge in [0.25, 0.3) is 0 Å². The predicted molar refractivity (Wildman–Crippen MR) is 208 cm³/mol. The van der Waals surface area contributed by atoms with E-state index in [4.69, 9.17) is 10.2 Å². The third-order valence-corrected chi connectivity index (χ3v) is 10.7. The van der Waals surface area contributed by atoms with E-state index < -0.39 is 0 Å². The van der Waals surface area contributed by atoms with E-state index in [0.717, 1.165) is 111 Å². The second-order valence-corrected chi connectivity index (χ2v) is 14.7. The zero-order valence-corrected chi connectivity index (χ0v) is 32.1. The lowest BCUT2D eigenvalue weighted by molar-refractivity contribution is 0.294. The third-order valence-electron chi connectivity index (χ3n) is 10.7. The van der Waals surface area contributed by atoms with Gasteiger partial charge in [-0.05, 0) is 80.2 Å². The Morgan fingerprint density at radius 2 is 0.731 bits per heavy atom. The molecule has 14 heteroatoms. The molecular weight excluding hydrogens is 656 g/mol. The van der Waals surface area contributed by atoms with Crippen molar-refractivity contribution in [2.24, 2.45) is 20.5 Å². The summed E-state index contributed by atoms with van der Waals surface area (Å²) in [6, 6.07) is 7.45. The minimum atomic E-state index is 0.193. The number of phenols is 2. The summed E-state index contributed by atoms with van der Waals surface area (Å²) in [5.41, 5.74) is 10.7. The summed E-state index contributed by atoms with van der Waals surface area (Å²) in [4.78, 5) is 18.2. The molecule has 7 rings (SSSR count). The first kappa shape index (κ1) is 35.9. The molecule has 0 saturated carbocycles. The van der Waals surface area contributed by atoms with E-state index in [1.165, 1.54) is 0 Å². The molecule has 0 amide bonds. The van der Waals surface area contributed by atoms with Crippen LogP contribution in [0.2, 0.25) is 0 Å². The highest BCUT2D eigenvalue weighted by molar-refractivity contribution is 5.87. The van der Waals surface area contributed by atoms with E-state index in [9.17, 15) is 10.2 Å². The molecule has 4 heterocycles. The molecule has 0 bridgehead atoms. The van der Waals surface area contributed by atoms with Crippen LogP contribution < -0.4 is 19.6 Å². The molecule has 4 aliphatic rings. The highest BCUT2D eigenvalue weighted by Gasteiger charge is 2.37. The van der Waals surface area contributed by atoms with E-state index in [-0.39, 0.29) is 11.5 Å². The van der Waals surface area contributed by atoms with Gasteiger partial charge in [-0.3, -0.25) is 19.6 Å². The maximum atomic E-state index is 11.8. The highest BCUT2D eigenvalue weighted by Crippen LogP contribution is 2.54. The second kappa shape index (κ2) is 14.5. The van der Waals surface area contributed by atoms with Crippen LogP contribution in [0.1, 0.15) is 49.9 Å². The first-order valence-electron chi connectivity index (χ1n) is 18.5. The molecule has 0 atom stereocenters. The number of aromatic hydroxyl groups is 2. The van der Waals surface area contributed by atoms with Crippen LogP contribution in [-0.4, -0.2) is 111 Å². The van der Waals surface area contributed by atoms with Gasteiger partial charge in [-0.25, -0.2) is 0 Å². The molecule has 14 nitrogen and oxygen atoms in total. The lowest BCUT2D eigenvalue weighted by atomic mass is 9.96. The number of hydrogen-bond donors (Lipinski definition) is 2. The van der Waals surface area contributed by atoms with Crippen LogP contribution in [0.25, 0.3) is 0 Å². The maximum Gasteiger partial charge on any atom is 0.167 e. The van der Waals surface area contributed by atoms with Gasteiger partial charge in [-0.2, -0.15) is 10.2 Å². The minimum absolute atomic E-state index is 0.193. The molecule has 0 aromatic heterocycles. The van der Waals surface area contributed by atoms with Crippen LogP contribution >= 0.6 is 0 Å². The highest BCUT2D eigenvalue weighted by atomic mass is 16.3. The lowest BCUT2D eigenvalue weighted by Gasteiger charge is -2.43. The topological polar surface area (TPSA) is 116 Å². The standard InChI is InChI=1S/C38H54N12O2/c1-9-47-21-43(5)17-27-31(37(51)35-29(33(27)47)19-45(7)23-49(35)11-3)41-39-25-13-15-26(16-14-25)40-42-32-28-18-44(6)22-48(10-2)34(28)30-20-46(8)24-50(12-4)36(30)38(32)52/h13-16,51-52H,9-12,17-24H2,1-8H3. The minimum Gasteiger partial charge on any atom is -0.504 e. The third kappa shape index (κ3) is 6.31. The number of benzene rings is 3. The van der Waals surface area contributed by atoms with Crippen molar-refractivity contribution in [2.75, 3.05) is 101 Å². The van der Waals surface area contributed by atoms with Crippen molar-refractivity contribution in [1.82, 2.24) is 19.6 Å². The first-order valence-corrected chi connectivity index (χ1v) is 18.5. The summed E-state index contributed by atoms with van der Waals surface area (Å²) in [6.45, 7) is 17.8. The Hall–Kier alpha value is -4.50. The van der Waals surface area contributed by atoms with Gasteiger partial charge in [0.2, 0.25) is 0 Å². The fourth-order valence-electron chi connectivity index (χ4n) is 8.43. The Balaban J connectivity index is 1.23. The van der Waals surface area contributed by atoms with Gasteiger partial charge >= 0.3 is 0 Å². The van der Waals surface area contributed by atoms with Crippen molar-refractivity contribution in [1.29, 1.82) is 0 Å². The van der Waals surface area contributed by atoms with Crippen molar-refractivity contribution in [2.45, 2.75) is 53.9 Å². The van der Waals surface area contributed by atoms with E-state index in [1.807, 2.05) is 24.3 Å². The van der Waals surface area contributed by atoms with Gasteiger partial charge in [0.1, 0.15) is 11.4 Å². The molecule has 0 saturated heterocycles. The summed E-state index contributed by atoms with van der Waals surface area (Å²) in [5.74, 6) is 0.385. The van der Waals surface area contributed by atoms with Gasteiger partial charge < -0.3 is 29.8 Å². The van der Waals surface area contributed by atoms with E-state index in [2.05, 4.69) is 105 Å². The summed E-state index contributed by atoms with van der Waals surface area (Å²) in [6.07, 6.45) is 0. The fraction of sp³-hybridized carbons (Fsp3) is 0.526. The van der Waals surface area contributed by atoms with Crippen LogP contribution in [0.3, 0.4) is 0 Å². The van der Waals surface area contributed by atoms with Crippen molar-refractivity contribution in [3.63, 3.8) is 0 Å². The molecule has 4 aliphatic heterocycles. The molecule has 0 spiro atoms. The molecule has 2 N–H and O–H groups in total. The van der Waals surface area contributed by atoms with Crippen molar-refractivity contribution >= 4 is 45.5 Å². The van der Waals surface area contributed by atoms with Crippen molar-refractivity contribution in [3.05, 3.63) is 46.5 Å². The number of anilines is 4. The van der Waals surface area contributed by atoms with E-state index >= 15 is 0 Å². The normalized spacial score (nSPS) is 18.8. The molecule has 0 radical (unpaired) electrons. The molecule has 0 unspecified atom stereocenters. The second-order valence-electron chi connectivity index (χ2n) is 14.7. The van der Waals surface area contributed by atoms with Gasteiger partial charge in [0.05, 0.1) is 60.8 Å². The van der Waals surface area contributed by atoms with Crippen molar-refractivity contribution in [3.8, 4) is 11.5 Å². The summed E-state index contributed by atoms with van der Waals surface area (Å²) in [5, 5.41) is 42.3. The molecule has 0 fully saturated rings. The number of azo groups is 2. The maximum absolute atomic E-state index is 11.8. The van der Waals surface area contributed by atoms with Crippen molar-refractivity contribution < 1.29 is 10.2 Å². The predicted octanol–water partition coefficient (Wildman–Crippen LogP) is 6.85. The lowest BCUT2D eigenvalue weighted by Crippen LogP contribution is -2.44. The van der Waals surface area contributed by atoms with Gasteiger partial charge in [-0.15, -0.1) is 10.2 Å². The average molecular weight is 711 g/mol. The Kier molecular flexibility index (Phi) is 10.0. The largest absolute Gasteiger partial charge is 0.504 e. The molecular formula is C38H54N12O2. The Labute approximate surface area is 307 Å². The fourth-order valence-corrected chi connectivity index (χ4v) is 8.43. The van der Waals surface area contributed by atoms with Crippen LogP contribution in [0.5, 0.6) is 11.5 Å². The number of nitrogens with zero attached hydrogens (tertiary/aromatic N) is 12. The Morgan fingerprint density at radius 3 is 1.04 bits per heavy atom.